The van der Waals surface area contributed by atoms with E-state index in [1.807, 2.05) is 20.0 Å². The Bertz CT molecular complexity index is 566. The number of nitriles is 1. The van der Waals surface area contributed by atoms with E-state index in [4.69, 9.17) is 5.26 Å². The molecule has 0 aliphatic rings. The summed E-state index contributed by atoms with van der Waals surface area (Å²) in [6.45, 7) is 4.65. The van der Waals surface area contributed by atoms with Gasteiger partial charge in [-0.3, -0.25) is 9.59 Å². The van der Waals surface area contributed by atoms with Crippen LogP contribution in [0, 0.1) is 11.3 Å². The number of carbonyl (C=O) groups excluding carboxylic acids is 2. The predicted molar refractivity (Wildman–Crippen MR) is 84.3 cm³/mol. The Kier molecular flexibility index (Phi) is 7.06. The second-order valence-electron chi connectivity index (χ2n) is 5.28. The zero-order chi connectivity index (χ0) is 16.5. The molecule has 0 fully saturated rings. The maximum atomic E-state index is 12.2. The Morgan fingerprint density at radius 2 is 2.14 bits per heavy atom. The minimum absolute atomic E-state index is 0.0644. The fourth-order valence-corrected chi connectivity index (χ4v) is 1.87. The number of nitrogens with one attached hydrogen (secondary N) is 3. The van der Waals surface area contributed by atoms with Crippen molar-refractivity contribution in [1.82, 2.24) is 5.32 Å². The van der Waals surface area contributed by atoms with Gasteiger partial charge in [-0.2, -0.15) is 5.26 Å². The topological polar surface area (TPSA) is 86.4 Å². The maximum absolute atomic E-state index is 12.2. The first-order valence-corrected chi connectivity index (χ1v) is 7.38. The van der Waals surface area contributed by atoms with E-state index in [9.17, 15) is 9.59 Å². The Labute approximate surface area is 131 Å². The second-order valence-corrected chi connectivity index (χ2v) is 5.28. The van der Waals surface area contributed by atoms with E-state index in [0.29, 0.717) is 17.8 Å². The maximum Gasteiger partial charge on any atom is 0.282 e. The lowest BCUT2D eigenvalue weighted by Crippen LogP contribution is -3.15. The second kappa shape index (κ2) is 8.80. The van der Waals surface area contributed by atoms with E-state index >= 15 is 0 Å². The highest BCUT2D eigenvalue weighted by Gasteiger charge is 2.23. The molecule has 22 heavy (non-hydrogen) atoms. The summed E-state index contributed by atoms with van der Waals surface area (Å²) in [5.74, 6) is -0.249. The summed E-state index contributed by atoms with van der Waals surface area (Å²) in [5, 5.41) is 14.4. The minimum atomic E-state index is -0.377. The fourth-order valence-electron chi connectivity index (χ4n) is 1.87. The van der Waals surface area contributed by atoms with Crippen LogP contribution in [0.4, 0.5) is 5.69 Å². The first-order valence-electron chi connectivity index (χ1n) is 7.38. The zero-order valence-electron chi connectivity index (χ0n) is 13.3. The van der Waals surface area contributed by atoms with Crippen molar-refractivity contribution < 1.29 is 14.5 Å². The molecule has 0 spiro atoms. The number of nitrogens with zero attached hydrogens (tertiary/aromatic N) is 1. The van der Waals surface area contributed by atoms with Gasteiger partial charge >= 0.3 is 0 Å². The third kappa shape index (κ3) is 5.54. The van der Waals surface area contributed by atoms with Gasteiger partial charge in [-0.1, -0.05) is 13.0 Å². The molecule has 118 valence electrons. The van der Waals surface area contributed by atoms with Crippen LogP contribution in [0.1, 0.15) is 25.8 Å². The molecule has 2 atom stereocenters. The Morgan fingerprint density at radius 3 is 2.77 bits per heavy atom. The van der Waals surface area contributed by atoms with Crippen LogP contribution in [0.2, 0.25) is 0 Å². The molecule has 1 aromatic carbocycles. The van der Waals surface area contributed by atoms with Gasteiger partial charge in [0, 0.05) is 12.2 Å². The standard InChI is InChI=1S/C16H22N4O2/c1-4-8-18-15(21)11-20(3)12(2)16(22)19-14-7-5-6-13(9-14)10-17/h5-7,9,12H,4,8,11H2,1-3H3,(H,18,21)(H,19,22)/p+1/t12-/m0/s1. The van der Waals surface area contributed by atoms with Crippen molar-refractivity contribution in [3.8, 4) is 6.07 Å². The van der Waals surface area contributed by atoms with Crippen molar-refractivity contribution in [2.75, 3.05) is 25.5 Å². The Morgan fingerprint density at radius 1 is 1.41 bits per heavy atom. The average molecular weight is 303 g/mol. The van der Waals surface area contributed by atoms with Crippen molar-refractivity contribution in [2.24, 2.45) is 0 Å². The number of anilines is 1. The molecule has 3 N–H and O–H groups in total. The van der Waals surface area contributed by atoms with E-state index in [0.717, 1.165) is 11.3 Å². The molecule has 1 rings (SSSR count). The lowest BCUT2D eigenvalue weighted by molar-refractivity contribution is -0.885. The normalized spacial score (nSPS) is 12.8. The summed E-state index contributed by atoms with van der Waals surface area (Å²) < 4.78 is 0. The van der Waals surface area contributed by atoms with E-state index in [-0.39, 0.29) is 24.4 Å². The van der Waals surface area contributed by atoms with Gasteiger partial charge in [0.05, 0.1) is 18.7 Å². The third-order valence-electron chi connectivity index (χ3n) is 3.40. The number of carbonyl (C=O) groups is 2. The van der Waals surface area contributed by atoms with Gasteiger partial charge in [0.25, 0.3) is 11.8 Å². The van der Waals surface area contributed by atoms with Crippen LogP contribution in [-0.2, 0) is 9.59 Å². The highest BCUT2D eigenvalue weighted by Crippen LogP contribution is 2.09. The molecular formula is C16H23N4O2+. The van der Waals surface area contributed by atoms with E-state index in [1.165, 1.54) is 0 Å². The molecule has 6 nitrogen and oxygen atoms in total. The van der Waals surface area contributed by atoms with E-state index < -0.39 is 0 Å². The van der Waals surface area contributed by atoms with Crippen LogP contribution in [0.15, 0.2) is 24.3 Å². The lowest BCUT2D eigenvalue weighted by Gasteiger charge is -2.20. The van der Waals surface area contributed by atoms with Gasteiger partial charge in [-0.05, 0) is 31.5 Å². The van der Waals surface area contributed by atoms with Gasteiger partial charge in [-0.25, -0.2) is 0 Å². The number of likely N-dealkylation sites (N-methyl/N-ethyl adjacent to an activating group) is 1. The molecule has 0 aliphatic carbocycles. The zero-order valence-corrected chi connectivity index (χ0v) is 13.3. The van der Waals surface area contributed by atoms with Crippen LogP contribution >= 0.6 is 0 Å². The lowest BCUT2D eigenvalue weighted by atomic mass is 10.2. The summed E-state index contributed by atoms with van der Waals surface area (Å²) in [6.07, 6.45) is 0.885. The Balaban J connectivity index is 2.56. The number of quaternary nitrogens is 1. The van der Waals surface area contributed by atoms with Gasteiger partial charge in [0.2, 0.25) is 0 Å². The number of hydrogen-bond donors (Lipinski definition) is 3. The summed E-state index contributed by atoms with van der Waals surface area (Å²) >= 11 is 0. The van der Waals surface area contributed by atoms with E-state index in [1.54, 1.807) is 31.2 Å². The molecule has 0 aliphatic heterocycles. The molecule has 2 amide bonds. The van der Waals surface area contributed by atoms with Gasteiger partial charge < -0.3 is 15.5 Å². The summed E-state index contributed by atoms with van der Waals surface area (Å²) in [5.41, 5.74) is 1.07. The molecule has 0 bridgehead atoms. The molecule has 0 saturated carbocycles. The van der Waals surface area contributed by atoms with Crippen molar-refractivity contribution in [1.29, 1.82) is 5.26 Å². The van der Waals surface area contributed by atoms with Crippen molar-refractivity contribution in [2.45, 2.75) is 26.3 Å². The molecule has 1 aromatic rings. The van der Waals surface area contributed by atoms with Gasteiger partial charge in [0.1, 0.15) is 0 Å². The molecule has 1 unspecified atom stereocenters. The third-order valence-corrected chi connectivity index (χ3v) is 3.40. The SMILES string of the molecule is CCCNC(=O)C[NH+](C)[C@@H](C)C(=O)Nc1cccc(C#N)c1. The number of benzene rings is 1. The van der Waals surface area contributed by atoms with Crippen LogP contribution in [0.3, 0.4) is 0 Å². The Hall–Kier alpha value is -2.39. The average Bonchev–Trinajstić information content (AvgIpc) is 2.52. The first-order chi connectivity index (χ1) is 10.5. The molecular weight excluding hydrogens is 280 g/mol. The van der Waals surface area contributed by atoms with Crippen LogP contribution in [0.5, 0.6) is 0 Å². The van der Waals surface area contributed by atoms with Gasteiger partial charge in [-0.15, -0.1) is 0 Å². The summed E-state index contributed by atoms with van der Waals surface area (Å²) in [6, 6.07) is 8.39. The largest absolute Gasteiger partial charge is 0.351 e. The van der Waals surface area contributed by atoms with Crippen LogP contribution in [-0.4, -0.2) is 38.0 Å². The monoisotopic (exact) mass is 303 g/mol. The van der Waals surface area contributed by atoms with Gasteiger partial charge in [0.15, 0.2) is 12.6 Å². The minimum Gasteiger partial charge on any atom is -0.351 e. The molecule has 0 heterocycles. The molecule has 0 aromatic heterocycles. The van der Waals surface area contributed by atoms with Crippen molar-refractivity contribution in [3.05, 3.63) is 29.8 Å². The van der Waals surface area contributed by atoms with E-state index in [2.05, 4.69) is 10.6 Å². The highest BCUT2D eigenvalue weighted by molar-refractivity contribution is 5.93. The first kappa shape index (κ1) is 17.7. The number of amides is 2. The summed E-state index contributed by atoms with van der Waals surface area (Å²) in [7, 11) is 1.81. The predicted octanol–water partition coefficient (Wildman–Crippen LogP) is -0.0738. The fraction of sp³-hybridized carbons (Fsp3) is 0.438. The number of rotatable bonds is 7. The molecule has 0 saturated heterocycles. The number of hydrogen-bond acceptors (Lipinski definition) is 3. The molecule has 6 heteroatoms. The van der Waals surface area contributed by atoms with Crippen LogP contribution < -0.4 is 15.5 Å². The van der Waals surface area contributed by atoms with Crippen molar-refractivity contribution >= 4 is 17.5 Å². The highest BCUT2D eigenvalue weighted by atomic mass is 16.2. The quantitative estimate of drug-likeness (QED) is 0.659. The van der Waals surface area contributed by atoms with Crippen LogP contribution in [0.25, 0.3) is 0 Å². The summed E-state index contributed by atoms with van der Waals surface area (Å²) in [4.78, 5) is 24.7. The smallest absolute Gasteiger partial charge is 0.282 e. The molecule has 0 radical (unpaired) electrons. The van der Waals surface area contributed by atoms with Crippen molar-refractivity contribution in [3.63, 3.8) is 0 Å².